The third-order valence-electron chi connectivity index (χ3n) is 6.83. The molecule has 1 aromatic carbocycles. The summed E-state index contributed by atoms with van der Waals surface area (Å²) in [4.78, 5) is 9.39. The Balaban J connectivity index is 1.52. The molecule has 6 nitrogen and oxygen atoms in total. The Morgan fingerprint density at radius 1 is 1.09 bits per heavy atom. The Labute approximate surface area is 205 Å². The average molecular weight is 480 g/mol. The first-order valence-corrected chi connectivity index (χ1v) is 12.2. The summed E-state index contributed by atoms with van der Waals surface area (Å²) in [6, 6.07) is 14.8. The predicted molar refractivity (Wildman–Crippen MR) is 135 cm³/mol. The molecule has 0 aliphatic carbocycles. The van der Waals surface area contributed by atoms with E-state index >= 15 is 0 Å². The minimum absolute atomic E-state index is 0.00355. The zero-order valence-corrected chi connectivity index (χ0v) is 20.4. The molecule has 34 heavy (non-hydrogen) atoms. The smallest absolute Gasteiger partial charge is 0.170 e. The topological polar surface area (TPSA) is 45.6 Å². The lowest BCUT2D eigenvalue weighted by Gasteiger charge is -2.32. The number of nitrogens with one attached hydrogen (secondary N) is 1. The van der Waals surface area contributed by atoms with Crippen molar-refractivity contribution in [3.8, 4) is 5.69 Å². The first kappa shape index (κ1) is 23.0. The number of hydrogen-bond acceptors (Lipinski definition) is 4. The molecule has 3 aromatic rings. The first-order chi connectivity index (χ1) is 16.5. The van der Waals surface area contributed by atoms with E-state index in [0.717, 1.165) is 67.3 Å². The number of morpholine rings is 1. The van der Waals surface area contributed by atoms with Crippen LogP contribution in [0.25, 0.3) is 5.69 Å². The monoisotopic (exact) mass is 479 g/mol. The lowest BCUT2D eigenvalue weighted by molar-refractivity contribution is 0.0350. The van der Waals surface area contributed by atoms with Gasteiger partial charge in [0.15, 0.2) is 5.11 Å². The van der Waals surface area contributed by atoms with Crippen molar-refractivity contribution in [1.29, 1.82) is 0 Å². The van der Waals surface area contributed by atoms with Crippen LogP contribution in [-0.2, 0) is 4.74 Å². The largest absolute Gasteiger partial charge is 0.379 e. The molecular formula is C26H30FN5OS. The number of ether oxygens (including phenoxy) is 1. The lowest BCUT2D eigenvalue weighted by Crippen LogP contribution is -2.42. The summed E-state index contributed by atoms with van der Waals surface area (Å²) in [5, 5.41) is 4.30. The number of aromatic nitrogens is 2. The number of benzene rings is 1. The van der Waals surface area contributed by atoms with Gasteiger partial charge in [-0.05, 0) is 74.1 Å². The van der Waals surface area contributed by atoms with Crippen LogP contribution in [0.5, 0.6) is 0 Å². The molecule has 2 aliphatic heterocycles. The van der Waals surface area contributed by atoms with Gasteiger partial charge in [0.25, 0.3) is 0 Å². The van der Waals surface area contributed by atoms with Gasteiger partial charge < -0.3 is 19.5 Å². The fourth-order valence-corrected chi connectivity index (χ4v) is 5.47. The Morgan fingerprint density at radius 3 is 2.56 bits per heavy atom. The van der Waals surface area contributed by atoms with E-state index in [0.29, 0.717) is 0 Å². The third-order valence-corrected chi connectivity index (χ3v) is 7.18. The van der Waals surface area contributed by atoms with E-state index < -0.39 is 0 Å². The first-order valence-electron chi connectivity index (χ1n) is 11.8. The van der Waals surface area contributed by atoms with Crippen molar-refractivity contribution >= 4 is 17.3 Å². The van der Waals surface area contributed by atoms with E-state index in [9.17, 15) is 4.39 Å². The molecule has 2 aliphatic rings. The summed E-state index contributed by atoms with van der Waals surface area (Å²) in [6.07, 6.45) is 1.83. The second-order valence-corrected chi connectivity index (χ2v) is 9.30. The van der Waals surface area contributed by atoms with Gasteiger partial charge in [-0.2, -0.15) is 0 Å². The molecule has 2 saturated heterocycles. The number of hydrogen-bond donors (Lipinski definition) is 1. The number of thiocarbonyl (C=S) groups is 1. The van der Waals surface area contributed by atoms with Crippen molar-refractivity contribution < 1.29 is 9.13 Å². The molecule has 4 heterocycles. The van der Waals surface area contributed by atoms with Crippen molar-refractivity contribution in [2.75, 3.05) is 39.4 Å². The molecule has 0 spiro atoms. The minimum Gasteiger partial charge on any atom is -0.379 e. The summed E-state index contributed by atoms with van der Waals surface area (Å²) in [6.45, 7) is 9.41. The van der Waals surface area contributed by atoms with Crippen LogP contribution in [-0.4, -0.2) is 63.9 Å². The summed E-state index contributed by atoms with van der Waals surface area (Å²) in [5.74, 6) is -0.235. The predicted octanol–water partition coefficient (Wildman–Crippen LogP) is 3.93. The Kier molecular flexibility index (Phi) is 6.63. The highest BCUT2D eigenvalue weighted by atomic mass is 32.1. The van der Waals surface area contributed by atoms with Crippen LogP contribution in [0, 0.1) is 19.7 Å². The van der Waals surface area contributed by atoms with Gasteiger partial charge in [-0.3, -0.25) is 9.88 Å². The highest BCUT2D eigenvalue weighted by Gasteiger charge is 2.41. The molecule has 0 amide bonds. The SMILES string of the molecule is Cc1cc(C2C(c3ccccn3)NC(=S)N2CCN2CCOCC2)c(C)n1-c1ccc(F)cc1. The van der Waals surface area contributed by atoms with Gasteiger partial charge in [0.2, 0.25) is 0 Å². The molecule has 2 fully saturated rings. The van der Waals surface area contributed by atoms with Crippen LogP contribution in [0.2, 0.25) is 0 Å². The van der Waals surface area contributed by atoms with Crippen molar-refractivity contribution in [2.45, 2.75) is 25.9 Å². The molecule has 2 aromatic heterocycles. The quantitative estimate of drug-likeness (QED) is 0.541. The molecule has 1 N–H and O–H groups in total. The highest BCUT2D eigenvalue weighted by Crippen LogP contribution is 2.41. The fraction of sp³-hybridized carbons (Fsp3) is 0.385. The normalized spacial score (nSPS) is 21.1. The molecule has 8 heteroatoms. The van der Waals surface area contributed by atoms with Crippen molar-refractivity contribution in [2.24, 2.45) is 0 Å². The van der Waals surface area contributed by atoms with Gasteiger partial charge in [-0.25, -0.2) is 4.39 Å². The molecule has 0 bridgehead atoms. The van der Waals surface area contributed by atoms with Crippen molar-refractivity contribution in [1.82, 2.24) is 24.7 Å². The molecular weight excluding hydrogens is 449 g/mol. The number of pyridine rings is 1. The van der Waals surface area contributed by atoms with Crippen molar-refractivity contribution in [3.63, 3.8) is 0 Å². The zero-order chi connectivity index (χ0) is 23.7. The van der Waals surface area contributed by atoms with Crippen LogP contribution in [0.1, 0.15) is 34.7 Å². The summed E-state index contributed by atoms with van der Waals surface area (Å²) < 4.78 is 21.3. The number of nitrogens with zero attached hydrogens (tertiary/aromatic N) is 4. The van der Waals surface area contributed by atoms with Crippen molar-refractivity contribution in [3.05, 3.63) is 83.2 Å². The van der Waals surface area contributed by atoms with Gasteiger partial charge in [0, 0.05) is 49.5 Å². The van der Waals surface area contributed by atoms with Gasteiger partial charge in [0.05, 0.1) is 31.0 Å². The van der Waals surface area contributed by atoms with Crippen LogP contribution >= 0.6 is 12.2 Å². The van der Waals surface area contributed by atoms with Gasteiger partial charge in [0.1, 0.15) is 5.82 Å². The number of aryl methyl sites for hydroxylation is 1. The van der Waals surface area contributed by atoms with Crippen LogP contribution in [0.4, 0.5) is 4.39 Å². The van der Waals surface area contributed by atoms with E-state index in [4.69, 9.17) is 17.0 Å². The number of halogens is 1. The maximum absolute atomic E-state index is 13.6. The maximum atomic E-state index is 13.6. The molecule has 0 saturated carbocycles. The highest BCUT2D eigenvalue weighted by molar-refractivity contribution is 7.80. The summed E-state index contributed by atoms with van der Waals surface area (Å²) in [5.41, 5.74) is 5.34. The molecule has 0 radical (unpaired) electrons. The van der Waals surface area contributed by atoms with E-state index in [1.165, 1.54) is 17.7 Å². The zero-order valence-electron chi connectivity index (χ0n) is 19.6. The van der Waals surface area contributed by atoms with Crippen LogP contribution < -0.4 is 5.32 Å². The van der Waals surface area contributed by atoms with E-state index in [1.807, 2.05) is 30.5 Å². The Bertz CT molecular complexity index is 1140. The molecule has 5 rings (SSSR count). The standard InChI is InChI=1S/C26H30FN5OS/c1-18-17-22(19(2)32(18)21-8-6-20(27)7-9-21)25-24(23-5-3-4-10-28-23)29-26(34)31(25)12-11-30-13-15-33-16-14-30/h3-10,17,24-25H,11-16H2,1-2H3,(H,29,34). The molecule has 178 valence electrons. The fourth-order valence-electron chi connectivity index (χ4n) is 5.13. The number of rotatable bonds is 6. The van der Waals surface area contributed by atoms with Gasteiger partial charge >= 0.3 is 0 Å². The average Bonchev–Trinajstić information content (AvgIpc) is 3.34. The van der Waals surface area contributed by atoms with E-state index in [-0.39, 0.29) is 17.9 Å². The summed E-state index contributed by atoms with van der Waals surface area (Å²) >= 11 is 5.85. The second kappa shape index (κ2) is 9.82. The van der Waals surface area contributed by atoms with Crippen LogP contribution in [0.15, 0.2) is 54.7 Å². The van der Waals surface area contributed by atoms with E-state index in [2.05, 4.69) is 50.6 Å². The summed E-state index contributed by atoms with van der Waals surface area (Å²) in [7, 11) is 0. The van der Waals surface area contributed by atoms with Gasteiger partial charge in [-0.1, -0.05) is 6.07 Å². The Morgan fingerprint density at radius 2 is 1.85 bits per heavy atom. The van der Waals surface area contributed by atoms with Gasteiger partial charge in [-0.15, -0.1) is 0 Å². The van der Waals surface area contributed by atoms with E-state index in [1.54, 1.807) is 0 Å². The lowest BCUT2D eigenvalue weighted by atomic mass is 9.96. The maximum Gasteiger partial charge on any atom is 0.170 e. The molecule has 2 unspecified atom stereocenters. The molecule has 2 atom stereocenters. The third kappa shape index (κ3) is 4.45. The Hall–Kier alpha value is -2.81. The minimum atomic E-state index is -0.235. The second-order valence-electron chi connectivity index (χ2n) is 8.91. The van der Waals surface area contributed by atoms with Crippen LogP contribution in [0.3, 0.4) is 0 Å².